The first-order valence-corrected chi connectivity index (χ1v) is 11.3. The van der Waals surface area contributed by atoms with Gasteiger partial charge in [-0.25, -0.2) is 0 Å². The van der Waals surface area contributed by atoms with Crippen molar-refractivity contribution in [1.29, 1.82) is 0 Å². The van der Waals surface area contributed by atoms with Crippen LogP contribution in [0.4, 0.5) is 0 Å². The van der Waals surface area contributed by atoms with Crippen LogP contribution in [0.2, 0.25) is 0 Å². The monoisotopic (exact) mass is 401 g/mol. The van der Waals surface area contributed by atoms with Gasteiger partial charge in [-0.2, -0.15) is 0 Å². The van der Waals surface area contributed by atoms with E-state index in [2.05, 4.69) is 10.2 Å². The summed E-state index contributed by atoms with van der Waals surface area (Å²) in [6.45, 7) is 7.41. The SMILES string of the molecule is CC(C)(C)NC(=O)[C@@H]1C[C@H]2CCCC[C@@H]2CN1C[C@@H](O)[C@@H](N)Cc1ccccc1. The highest BCUT2D eigenvalue weighted by molar-refractivity contribution is 5.82. The molecule has 162 valence electrons. The van der Waals surface area contributed by atoms with Gasteiger partial charge in [-0.15, -0.1) is 0 Å². The van der Waals surface area contributed by atoms with Crippen LogP contribution >= 0.6 is 0 Å². The molecule has 5 atom stereocenters. The maximum absolute atomic E-state index is 13.1. The number of benzene rings is 1. The molecule has 5 nitrogen and oxygen atoms in total. The summed E-state index contributed by atoms with van der Waals surface area (Å²) in [5, 5.41) is 14.0. The zero-order valence-corrected chi connectivity index (χ0v) is 18.3. The highest BCUT2D eigenvalue weighted by atomic mass is 16.3. The first-order chi connectivity index (χ1) is 13.7. The van der Waals surface area contributed by atoms with E-state index < -0.39 is 6.10 Å². The third kappa shape index (κ3) is 6.27. The van der Waals surface area contributed by atoms with Gasteiger partial charge in [-0.3, -0.25) is 9.69 Å². The second-order valence-corrected chi connectivity index (χ2v) is 10.2. The molecule has 1 heterocycles. The van der Waals surface area contributed by atoms with Gasteiger partial charge in [0.2, 0.25) is 5.91 Å². The Balaban J connectivity index is 1.67. The number of hydrogen-bond donors (Lipinski definition) is 3. The molecule has 1 saturated carbocycles. The topological polar surface area (TPSA) is 78.6 Å². The Morgan fingerprint density at radius 2 is 1.86 bits per heavy atom. The van der Waals surface area contributed by atoms with Gasteiger partial charge in [0, 0.05) is 24.7 Å². The summed E-state index contributed by atoms with van der Waals surface area (Å²) in [5.74, 6) is 1.36. The molecule has 0 radical (unpaired) electrons. The number of piperidine rings is 1. The number of nitrogens with zero attached hydrogens (tertiary/aromatic N) is 1. The second-order valence-electron chi connectivity index (χ2n) is 10.2. The standard InChI is InChI=1S/C24H39N3O2/c1-24(2,3)26-23(29)21-14-18-11-7-8-12-19(18)15-27(21)16-22(28)20(25)13-17-9-5-4-6-10-17/h4-6,9-10,18-22,28H,7-8,11-16,25H2,1-3H3,(H,26,29)/t18-,19-,20+,21+,22-/m1/s1. The number of carbonyl (C=O) groups is 1. The molecule has 0 spiro atoms. The highest BCUT2D eigenvalue weighted by Gasteiger charge is 2.41. The molecular formula is C24H39N3O2. The van der Waals surface area contributed by atoms with Crippen molar-refractivity contribution in [1.82, 2.24) is 10.2 Å². The molecule has 2 fully saturated rings. The number of fused-ring (bicyclic) bond motifs is 1. The third-order valence-corrected chi connectivity index (χ3v) is 6.53. The van der Waals surface area contributed by atoms with E-state index in [1.54, 1.807) is 0 Å². The van der Waals surface area contributed by atoms with Crippen LogP contribution in [-0.4, -0.2) is 52.7 Å². The molecule has 2 aliphatic rings. The van der Waals surface area contributed by atoms with Gasteiger partial charge in [-0.1, -0.05) is 49.6 Å². The molecule has 1 saturated heterocycles. The second kappa shape index (κ2) is 9.59. The van der Waals surface area contributed by atoms with Gasteiger partial charge >= 0.3 is 0 Å². The molecular weight excluding hydrogens is 362 g/mol. The quantitative estimate of drug-likeness (QED) is 0.685. The maximum atomic E-state index is 13.1. The van der Waals surface area contributed by atoms with E-state index in [9.17, 15) is 9.90 Å². The molecule has 29 heavy (non-hydrogen) atoms. The Kier molecular flexibility index (Phi) is 7.36. The fraction of sp³-hybridized carbons (Fsp3) is 0.708. The lowest BCUT2D eigenvalue weighted by Gasteiger charge is -2.46. The summed E-state index contributed by atoms with van der Waals surface area (Å²) in [6.07, 6.45) is 5.91. The molecule has 0 unspecified atom stereocenters. The fourth-order valence-corrected chi connectivity index (χ4v) is 5.02. The van der Waals surface area contributed by atoms with Crippen LogP contribution in [0.1, 0.15) is 58.4 Å². The van der Waals surface area contributed by atoms with E-state index in [4.69, 9.17) is 5.73 Å². The number of rotatable bonds is 6. The average Bonchev–Trinajstić information content (AvgIpc) is 2.66. The number of aliphatic hydroxyl groups excluding tert-OH is 1. The van der Waals surface area contributed by atoms with Gasteiger partial charge in [0.1, 0.15) is 0 Å². The summed E-state index contributed by atoms with van der Waals surface area (Å²) in [4.78, 5) is 15.3. The van der Waals surface area contributed by atoms with Crippen LogP contribution in [0.3, 0.4) is 0 Å². The predicted molar refractivity (Wildman–Crippen MR) is 117 cm³/mol. The van der Waals surface area contributed by atoms with Crippen LogP contribution in [0.25, 0.3) is 0 Å². The molecule has 1 aromatic carbocycles. The van der Waals surface area contributed by atoms with Crippen molar-refractivity contribution < 1.29 is 9.90 Å². The molecule has 3 rings (SSSR count). The Morgan fingerprint density at radius 1 is 1.21 bits per heavy atom. The number of β-amino-alcohol motifs (C(OH)–C–C–N with tert-alkyl or cyclic N) is 1. The number of amides is 1. The summed E-state index contributed by atoms with van der Waals surface area (Å²) >= 11 is 0. The highest BCUT2D eigenvalue weighted by Crippen LogP contribution is 2.38. The van der Waals surface area contributed by atoms with Crippen molar-refractivity contribution in [2.75, 3.05) is 13.1 Å². The Hall–Kier alpha value is -1.43. The van der Waals surface area contributed by atoms with E-state index in [0.29, 0.717) is 24.8 Å². The largest absolute Gasteiger partial charge is 0.390 e. The van der Waals surface area contributed by atoms with E-state index in [1.165, 1.54) is 25.7 Å². The van der Waals surface area contributed by atoms with Crippen LogP contribution in [0.15, 0.2) is 30.3 Å². The predicted octanol–water partition coefficient (Wildman–Crippen LogP) is 2.71. The van der Waals surface area contributed by atoms with E-state index in [-0.39, 0.29) is 23.5 Å². The van der Waals surface area contributed by atoms with Gasteiger partial charge in [0.15, 0.2) is 0 Å². The molecule has 1 amide bonds. The lowest BCUT2D eigenvalue weighted by Crippen LogP contribution is -2.59. The Bertz CT molecular complexity index is 658. The smallest absolute Gasteiger partial charge is 0.237 e. The Morgan fingerprint density at radius 3 is 2.52 bits per heavy atom. The average molecular weight is 402 g/mol. The maximum Gasteiger partial charge on any atom is 0.237 e. The number of likely N-dealkylation sites (tertiary alicyclic amines) is 1. The van der Waals surface area contributed by atoms with Crippen LogP contribution in [-0.2, 0) is 11.2 Å². The van der Waals surface area contributed by atoms with E-state index in [0.717, 1.165) is 18.5 Å². The van der Waals surface area contributed by atoms with Crippen molar-refractivity contribution in [2.45, 2.75) is 83.0 Å². The van der Waals surface area contributed by atoms with Crippen LogP contribution < -0.4 is 11.1 Å². The van der Waals surface area contributed by atoms with Crippen molar-refractivity contribution in [2.24, 2.45) is 17.6 Å². The number of nitrogens with one attached hydrogen (secondary N) is 1. The lowest BCUT2D eigenvalue weighted by atomic mass is 9.72. The molecule has 1 aliphatic heterocycles. The first-order valence-electron chi connectivity index (χ1n) is 11.3. The van der Waals surface area contributed by atoms with Crippen molar-refractivity contribution in [3.63, 3.8) is 0 Å². The molecule has 0 aromatic heterocycles. The zero-order chi connectivity index (χ0) is 21.0. The minimum atomic E-state index is -0.653. The van der Waals surface area contributed by atoms with E-state index in [1.807, 2.05) is 51.1 Å². The van der Waals surface area contributed by atoms with Crippen molar-refractivity contribution in [3.8, 4) is 0 Å². The minimum absolute atomic E-state index is 0.0883. The minimum Gasteiger partial charge on any atom is -0.390 e. The number of hydrogen-bond acceptors (Lipinski definition) is 4. The normalized spacial score (nSPS) is 27.7. The number of aliphatic hydroxyl groups is 1. The fourth-order valence-electron chi connectivity index (χ4n) is 5.02. The number of carbonyl (C=O) groups excluding carboxylic acids is 1. The summed E-state index contributed by atoms with van der Waals surface area (Å²) in [7, 11) is 0. The summed E-state index contributed by atoms with van der Waals surface area (Å²) < 4.78 is 0. The molecule has 0 bridgehead atoms. The van der Waals surface area contributed by atoms with Gasteiger partial charge in [-0.05, 0) is 57.4 Å². The van der Waals surface area contributed by atoms with Crippen LogP contribution in [0.5, 0.6) is 0 Å². The van der Waals surface area contributed by atoms with Gasteiger partial charge in [0.05, 0.1) is 12.1 Å². The zero-order valence-electron chi connectivity index (χ0n) is 18.3. The summed E-state index contributed by atoms with van der Waals surface area (Å²) in [5.41, 5.74) is 7.22. The van der Waals surface area contributed by atoms with Crippen LogP contribution in [0, 0.1) is 11.8 Å². The lowest BCUT2D eigenvalue weighted by molar-refractivity contribution is -0.132. The van der Waals surface area contributed by atoms with Gasteiger partial charge < -0.3 is 16.2 Å². The molecule has 1 aliphatic carbocycles. The molecule has 1 aromatic rings. The van der Waals surface area contributed by atoms with Crippen molar-refractivity contribution >= 4 is 5.91 Å². The molecule has 5 heteroatoms. The third-order valence-electron chi connectivity index (χ3n) is 6.53. The molecule has 4 N–H and O–H groups in total. The van der Waals surface area contributed by atoms with E-state index >= 15 is 0 Å². The van der Waals surface area contributed by atoms with Crippen molar-refractivity contribution in [3.05, 3.63) is 35.9 Å². The van der Waals surface area contributed by atoms with Gasteiger partial charge in [0.25, 0.3) is 0 Å². The Labute approximate surface area is 176 Å². The summed E-state index contributed by atoms with van der Waals surface area (Å²) in [6, 6.07) is 9.54. The first kappa shape index (κ1) is 22.3. The number of nitrogens with two attached hydrogens (primary N) is 1.